The van der Waals surface area contributed by atoms with Gasteiger partial charge in [0.25, 0.3) is 0 Å². The summed E-state index contributed by atoms with van der Waals surface area (Å²) in [5, 5.41) is 2.83. The van der Waals surface area contributed by atoms with Gasteiger partial charge in [0, 0.05) is 6.54 Å². The zero-order valence-corrected chi connectivity index (χ0v) is 7.17. The fourth-order valence-corrected chi connectivity index (χ4v) is 1.11. The van der Waals surface area contributed by atoms with E-state index in [4.69, 9.17) is 0 Å². The summed E-state index contributed by atoms with van der Waals surface area (Å²) >= 11 is 0. The molecule has 0 saturated carbocycles. The van der Waals surface area contributed by atoms with E-state index < -0.39 is 12.5 Å². The van der Waals surface area contributed by atoms with Crippen molar-refractivity contribution in [1.29, 1.82) is 0 Å². The molecule has 0 aromatic carbocycles. The highest BCUT2D eigenvalue weighted by Gasteiger charge is 2.33. The van der Waals surface area contributed by atoms with Gasteiger partial charge in [-0.1, -0.05) is 0 Å². The number of rotatable bonds is 1. The lowest BCUT2D eigenvalue weighted by molar-refractivity contribution is -0.343. The largest absolute Gasteiger partial charge is 0.522 e. The number of hydrogen-bond donors (Lipinski definition) is 1. The second-order valence-corrected chi connectivity index (χ2v) is 2.53. The molecule has 1 N–H and O–H groups in total. The van der Waals surface area contributed by atoms with E-state index in [9.17, 15) is 13.2 Å². The van der Waals surface area contributed by atoms with Gasteiger partial charge in [0.05, 0.1) is 6.10 Å². The Hall–Kier alpha value is -0.0000000000000000416. The minimum Gasteiger partial charge on any atom is -0.314 e. The van der Waals surface area contributed by atoms with E-state index in [-0.39, 0.29) is 12.4 Å². The second-order valence-electron chi connectivity index (χ2n) is 2.53. The Balaban J connectivity index is 0.00000121. The molecule has 2 nitrogen and oxygen atoms in total. The van der Waals surface area contributed by atoms with Gasteiger partial charge in [-0.25, -0.2) is 0 Å². The fraction of sp³-hybridized carbons (Fsp3) is 1.00. The van der Waals surface area contributed by atoms with Crippen LogP contribution in [-0.4, -0.2) is 25.6 Å². The van der Waals surface area contributed by atoms with Crippen molar-refractivity contribution < 1.29 is 17.9 Å². The van der Waals surface area contributed by atoms with Gasteiger partial charge in [-0.2, -0.15) is 0 Å². The summed E-state index contributed by atoms with van der Waals surface area (Å²) in [6.07, 6.45) is -3.93. The van der Waals surface area contributed by atoms with E-state index in [1.165, 1.54) is 0 Å². The first-order valence-corrected chi connectivity index (χ1v) is 3.53. The van der Waals surface area contributed by atoms with E-state index in [0.29, 0.717) is 13.0 Å². The molecule has 0 radical (unpaired) electrons. The van der Waals surface area contributed by atoms with Crippen molar-refractivity contribution in [3.63, 3.8) is 0 Å². The fourth-order valence-electron chi connectivity index (χ4n) is 1.11. The number of piperidine rings is 1. The van der Waals surface area contributed by atoms with Crippen molar-refractivity contribution in [2.24, 2.45) is 0 Å². The summed E-state index contributed by atoms with van der Waals surface area (Å²) in [5.41, 5.74) is 0. The zero-order chi connectivity index (χ0) is 8.32. The molecule has 0 aromatic rings. The first-order chi connectivity index (χ1) is 5.08. The van der Waals surface area contributed by atoms with E-state index in [0.717, 1.165) is 13.0 Å². The molecule has 1 aliphatic rings. The molecule has 0 unspecified atom stereocenters. The van der Waals surface area contributed by atoms with Gasteiger partial charge in [0.15, 0.2) is 0 Å². The molecule has 0 aliphatic carbocycles. The molecule has 1 atom stereocenters. The average Bonchev–Trinajstić information content (AvgIpc) is 1.85. The van der Waals surface area contributed by atoms with Crippen LogP contribution < -0.4 is 5.32 Å². The highest BCUT2D eigenvalue weighted by molar-refractivity contribution is 5.85. The van der Waals surface area contributed by atoms with Crippen LogP contribution in [0.2, 0.25) is 0 Å². The predicted molar refractivity (Wildman–Crippen MR) is 40.3 cm³/mol. The van der Waals surface area contributed by atoms with Gasteiger partial charge in [-0.05, 0) is 19.4 Å². The van der Waals surface area contributed by atoms with E-state index in [1.807, 2.05) is 0 Å². The van der Waals surface area contributed by atoms with Crippen molar-refractivity contribution in [1.82, 2.24) is 5.32 Å². The lowest BCUT2D eigenvalue weighted by Gasteiger charge is -2.23. The van der Waals surface area contributed by atoms with Crippen LogP contribution in [0.3, 0.4) is 0 Å². The topological polar surface area (TPSA) is 21.3 Å². The lowest BCUT2D eigenvalue weighted by atomic mass is 10.1. The van der Waals surface area contributed by atoms with Crippen LogP contribution in [0, 0.1) is 0 Å². The Labute approximate surface area is 74.9 Å². The Morgan fingerprint density at radius 2 is 2.00 bits per heavy atom. The lowest BCUT2D eigenvalue weighted by Crippen LogP contribution is -2.38. The van der Waals surface area contributed by atoms with Crippen LogP contribution in [0.5, 0.6) is 0 Å². The number of nitrogens with one attached hydrogen (secondary N) is 1. The molecule has 1 heterocycles. The molecule has 0 aromatic heterocycles. The molecule has 0 bridgehead atoms. The summed E-state index contributed by atoms with van der Waals surface area (Å²) in [6, 6.07) is 0. The van der Waals surface area contributed by atoms with Gasteiger partial charge in [-0.15, -0.1) is 25.6 Å². The third-order valence-electron chi connectivity index (χ3n) is 1.55. The molecule has 0 spiro atoms. The average molecular weight is 206 g/mol. The minimum atomic E-state index is -4.48. The Morgan fingerprint density at radius 3 is 2.42 bits per heavy atom. The van der Waals surface area contributed by atoms with Crippen LogP contribution in [0.25, 0.3) is 0 Å². The Kier molecular flexibility index (Phi) is 4.89. The zero-order valence-electron chi connectivity index (χ0n) is 6.36. The maximum Gasteiger partial charge on any atom is 0.522 e. The highest BCUT2D eigenvalue weighted by Crippen LogP contribution is 2.21. The number of ether oxygens (including phenoxy) is 1. The normalized spacial score (nSPS) is 24.8. The maximum absolute atomic E-state index is 11.6. The summed E-state index contributed by atoms with van der Waals surface area (Å²) in [4.78, 5) is 0. The van der Waals surface area contributed by atoms with Gasteiger partial charge in [0.1, 0.15) is 0 Å². The summed E-state index contributed by atoms with van der Waals surface area (Å²) in [5.74, 6) is 0. The standard InChI is InChI=1S/C6H10F3NO.ClH/c7-6(8,9)11-5-2-1-3-10-4-5;/h5,10H,1-4H2;1H/t5-;/m1./s1. The minimum absolute atomic E-state index is 0. The van der Waals surface area contributed by atoms with Gasteiger partial charge in [0.2, 0.25) is 0 Å². The maximum atomic E-state index is 11.6. The molecule has 0 amide bonds. The van der Waals surface area contributed by atoms with Gasteiger partial charge >= 0.3 is 6.36 Å². The number of hydrogen-bond acceptors (Lipinski definition) is 2. The third kappa shape index (κ3) is 4.79. The van der Waals surface area contributed by atoms with Gasteiger partial charge in [-0.3, -0.25) is 4.74 Å². The number of halogens is 4. The van der Waals surface area contributed by atoms with E-state index >= 15 is 0 Å². The molecular weight excluding hydrogens is 195 g/mol. The van der Waals surface area contributed by atoms with Crippen LogP contribution in [-0.2, 0) is 4.74 Å². The predicted octanol–water partition coefficient (Wildman–Crippen LogP) is 1.70. The second kappa shape index (κ2) is 4.89. The summed E-state index contributed by atoms with van der Waals surface area (Å²) < 4.78 is 38.6. The molecule has 1 aliphatic heterocycles. The van der Waals surface area contributed by atoms with Crippen LogP contribution in [0.4, 0.5) is 13.2 Å². The number of alkyl halides is 3. The third-order valence-corrected chi connectivity index (χ3v) is 1.55. The van der Waals surface area contributed by atoms with E-state index in [1.54, 1.807) is 0 Å². The highest BCUT2D eigenvalue weighted by atomic mass is 35.5. The molecular formula is C6H11ClF3NO. The van der Waals surface area contributed by atoms with Crippen LogP contribution >= 0.6 is 12.4 Å². The Morgan fingerprint density at radius 1 is 1.33 bits per heavy atom. The molecule has 1 rings (SSSR count). The monoisotopic (exact) mass is 205 g/mol. The SMILES string of the molecule is Cl.FC(F)(F)O[C@@H]1CCCNC1. The van der Waals surface area contributed by atoms with Crippen molar-refractivity contribution >= 4 is 12.4 Å². The van der Waals surface area contributed by atoms with E-state index in [2.05, 4.69) is 10.1 Å². The van der Waals surface area contributed by atoms with Crippen molar-refractivity contribution in [3.05, 3.63) is 0 Å². The van der Waals surface area contributed by atoms with Crippen molar-refractivity contribution in [2.75, 3.05) is 13.1 Å². The van der Waals surface area contributed by atoms with Crippen LogP contribution in [0.1, 0.15) is 12.8 Å². The molecule has 6 heteroatoms. The van der Waals surface area contributed by atoms with Crippen molar-refractivity contribution in [2.45, 2.75) is 25.3 Å². The first kappa shape index (κ1) is 12.0. The van der Waals surface area contributed by atoms with Crippen LogP contribution in [0.15, 0.2) is 0 Å². The van der Waals surface area contributed by atoms with Crippen molar-refractivity contribution in [3.8, 4) is 0 Å². The summed E-state index contributed by atoms with van der Waals surface area (Å²) in [6.45, 7) is 1.09. The summed E-state index contributed by atoms with van der Waals surface area (Å²) in [7, 11) is 0. The molecule has 1 fully saturated rings. The first-order valence-electron chi connectivity index (χ1n) is 3.53. The molecule has 1 saturated heterocycles. The van der Waals surface area contributed by atoms with Gasteiger partial charge < -0.3 is 5.32 Å². The smallest absolute Gasteiger partial charge is 0.314 e. The quantitative estimate of drug-likeness (QED) is 0.704. The molecule has 12 heavy (non-hydrogen) atoms. The Bertz CT molecular complexity index is 124. The molecule has 74 valence electrons.